The number of aromatic nitrogens is 2. The maximum Gasteiger partial charge on any atom is 0.0627 e. The summed E-state index contributed by atoms with van der Waals surface area (Å²) >= 11 is 0. The standard InChI is InChI=1S/C14H25N3/c1-4-15-13-6-5-12(9-13)10-14-7-8-17(16-14)11(2)3/h7-8,11-13,15H,4-6,9-10H2,1-3H3. The van der Waals surface area contributed by atoms with E-state index in [0.717, 1.165) is 24.9 Å². The quantitative estimate of drug-likeness (QED) is 0.850. The molecule has 1 aromatic rings. The van der Waals surface area contributed by atoms with Crippen LogP contribution in [0.15, 0.2) is 12.3 Å². The molecule has 1 aromatic heterocycles. The van der Waals surface area contributed by atoms with Crippen LogP contribution in [-0.2, 0) is 6.42 Å². The SMILES string of the molecule is CCNC1CCC(Cc2ccn(C(C)C)n2)C1. The third kappa shape index (κ3) is 3.32. The molecule has 0 aromatic carbocycles. The van der Waals surface area contributed by atoms with Gasteiger partial charge in [-0.05, 0) is 58.1 Å². The predicted molar refractivity (Wildman–Crippen MR) is 71.1 cm³/mol. The zero-order chi connectivity index (χ0) is 12.3. The Hall–Kier alpha value is -0.830. The van der Waals surface area contributed by atoms with Gasteiger partial charge < -0.3 is 5.32 Å². The zero-order valence-corrected chi connectivity index (χ0v) is 11.3. The number of nitrogens with one attached hydrogen (secondary N) is 1. The van der Waals surface area contributed by atoms with Gasteiger partial charge in [0, 0.05) is 18.3 Å². The van der Waals surface area contributed by atoms with Gasteiger partial charge in [0.2, 0.25) is 0 Å². The van der Waals surface area contributed by atoms with Crippen molar-refractivity contribution in [2.75, 3.05) is 6.54 Å². The van der Waals surface area contributed by atoms with Gasteiger partial charge in [0.1, 0.15) is 0 Å². The smallest absolute Gasteiger partial charge is 0.0627 e. The molecule has 2 atom stereocenters. The summed E-state index contributed by atoms with van der Waals surface area (Å²) in [5.41, 5.74) is 1.26. The fourth-order valence-electron chi connectivity index (χ4n) is 2.80. The van der Waals surface area contributed by atoms with Crippen LogP contribution in [0.3, 0.4) is 0 Å². The average molecular weight is 235 g/mol. The van der Waals surface area contributed by atoms with E-state index in [9.17, 15) is 0 Å². The van der Waals surface area contributed by atoms with Gasteiger partial charge in [0.25, 0.3) is 0 Å². The Kier molecular flexibility index (Phi) is 4.21. The molecule has 1 N–H and O–H groups in total. The highest BCUT2D eigenvalue weighted by Gasteiger charge is 2.24. The summed E-state index contributed by atoms with van der Waals surface area (Å²) in [6, 6.07) is 3.40. The first-order chi connectivity index (χ1) is 8.19. The van der Waals surface area contributed by atoms with Crippen molar-refractivity contribution in [3.8, 4) is 0 Å². The predicted octanol–water partition coefficient (Wildman–Crippen LogP) is 2.78. The molecule has 96 valence electrons. The molecular formula is C14H25N3. The highest BCUT2D eigenvalue weighted by Crippen LogP contribution is 2.28. The van der Waals surface area contributed by atoms with E-state index in [4.69, 9.17) is 0 Å². The molecule has 0 spiro atoms. The lowest BCUT2D eigenvalue weighted by atomic mass is 10.0. The Morgan fingerprint density at radius 3 is 2.94 bits per heavy atom. The zero-order valence-electron chi connectivity index (χ0n) is 11.3. The molecule has 1 aliphatic rings. The van der Waals surface area contributed by atoms with E-state index >= 15 is 0 Å². The second-order valence-electron chi connectivity index (χ2n) is 5.52. The molecule has 3 nitrogen and oxygen atoms in total. The summed E-state index contributed by atoms with van der Waals surface area (Å²) in [5.74, 6) is 0.828. The summed E-state index contributed by atoms with van der Waals surface area (Å²) in [5, 5.41) is 8.20. The monoisotopic (exact) mass is 235 g/mol. The first-order valence-electron chi connectivity index (χ1n) is 6.96. The lowest BCUT2D eigenvalue weighted by Gasteiger charge is -2.11. The summed E-state index contributed by atoms with van der Waals surface area (Å²) in [6.45, 7) is 7.64. The Morgan fingerprint density at radius 2 is 2.29 bits per heavy atom. The summed E-state index contributed by atoms with van der Waals surface area (Å²) in [7, 11) is 0. The van der Waals surface area contributed by atoms with Gasteiger partial charge in [-0.25, -0.2) is 0 Å². The van der Waals surface area contributed by atoms with Crippen LogP contribution in [0, 0.1) is 5.92 Å². The molecule has 0 aliphatic heterocycles. The van der Waals surface area contributed by atoms with Crippen LogP contribution < -0.4 is 5.32 Å². The maximum atomic E-state index is 4.64. The van der Waals surface area contributed by atoms with Crippen molar-refractivity contribution in [1.29, 1.82) is 0 Å². The molecule has 1 fully saturated rings. The third-order valence-electron chi connectivity index (χ3n) is 3.72. The van der Waals surface area contributed by atoms with Crippen LogP contribution in [0.25, 0.3) is 0 Å². The molecule has 17 heavy (non-hydrogen) atoms. The largest absolute Gasteiger partial charge is 0.314 e. The number of hydrogen-bond acceptors (Lipinski definition) is 2. The second kappa shape index (κ2) is 5.67. The highest BCUT2D eigenvalue weighted by atomic mass is 15.3. The van der Waals surface area contributed by atoms with E-state index in [1.54, 1.807) is 0 Å². The topological polar surface area (TPSA) is 29.9 Å². The molecule has 3 heteroatoms. The average Bonchev–Trinajstić information content (AvgIpc) is 2.89. The molecule has 0 radical (unpaired) electrons. The van der Waals surface area contributed by atoms with Gasteiger partial charge in [0.15, 0.2) is 0 Å². The number of nitrogens with zero attached hydrogens (tertiary/aromatic N) is 2. The van der Waals surface area contributed by atoms with Crippen molar-refractivity contribution >= 4 is 0 Å². The van der Waals surface area contributed by atoms with Gasteiger partial charge >= 0.3 is 0 Å². The summed E-state index contributed by atoms with van der Waals surface area (Å²) in [4.78, 5) is 0. The van der Waals surface area contributed by atoms with E-state index in [0.29, 0.717) is 6.04 Å². The summed E-state index contributed by atoms with van der Waals surface area (Å²) in [6.07, 6.45) is 7.27. The van der Waals surface area contributed by atoms with Gasteiger partial charge in [-0.3, -0.25) is 4.68 Å². The van der Waals surface area contributed by atoms with Gasteiger partial charge in [-0.2, -0.15) is 5.10 Å². The van der Waals surface area contributed by atoms with Crippen LogP contribution >= 0.6 is 0 Å². The lowest BCUT2D eigenvalue weighted by molar-refractivity contribution is 0.479. The second-order valence-corrected chi connectivity index (χ2v) is 5.52. The Labute approximate surface area is 105 Å². The Balaban J connectivity index is 1.85. The number of hydrogen-bond donors (Lipinski definition) is 1. The van der Waals surface area contributed by atoms with Crippen LogP contribution in [0.1, 0.15) is 51.8 Å². The fourth-order valence-corrected chi connectivity index (χ4v) is 2.80. The normalized spacial score (nSPS) is 24.7. The van der Waals surface area contributed by atoms with E-state index < -0.39 is 0 Å². The molecule has 1 heterocycles. The lowest BCUT2D eigenvalue weighted by Crippen LogP contribution is -2.25. The summed E-state index contributed by atoms with van der Waals surface area (Å²) < 4.78 is 2.06. The molecular weight excluding hydrogens is 210 g/mol. The molecule has 2 rings (SSSR count). The third-order valence-corrected chi connectivity index (χ3v) is 3.72. The maximum absolute atomic E-state index is 4.64. The van der Waals surface area contributed by atoms with Gasteiger partial charge in [0.05, 0.1) is 5.69 Å². The van der Waals surface area contributed by atoms with Gasteiger partial charge in [-0.15, -0.1) is 0 Å². The van der Waals surface area contributed by atoms with Crippen molar-refractivity contribution in [2.45, 2.75) is 58.5 Å². The van der Waals surface area contributed by atoms with Crippen molar-refractivity contribution in [2.24, 2.45) is 5.92 Å². The molecule has 1 aliphatic carbocycles. The van der Waals surface area contributed by atoms with Crippen LogP contribution in [0.2, 0.25) is 0 Å². The molecule has 0 amide bonds. The minimum Gasteiger partial charge on any atom is -0.314 e. The van der Waals surface area contributed by atoms with Crippen molar-refractivity contribution < 1.29 is 0 Å². The molecule has 1 saturated carbocycles. The first kappa shape index (κ1) is 12.6. The molecule has 0 bridgehead atoms. The van der Waals surface area contributed by atoms with E-state index in [1.807, 2.05) is 0 Å². The molecule has 0 saturated heterocycles. The van der Waals surface area contributed by atoms with Gasteiger partial charge in [-0.1, -0.05) is 6.92 Å². The van der Waals surface area contributed by atoms with Crippen molar-refractivity contribution in [3.05, 3.63) is 18.0 Å². The van der Waals surface area contributed by atoms with Crippen LogP contribution in [-0.4, -0.2) is 22.4 Å². The van der Waals surface area contributed by atoms with Crippen LogP contribution in [0.5, 0.6) is 0 Å². The van der Waals surface area contributed by atoms with Crippen molar-refractivity contribution in [3.63, 3.8) is 0 Å². The van der Waals surface area contributed by atoms with E-state index in [2.05, 4.69) is 48.1 Å². The Bertz CT molecular complexity index is 343. The first-order valence-corrected chi connectivity index (χ1v) is 6.96. The number of rotatable bonds is 5. The Morgan fingerprint density at radius 1 is 1.47 bits per heavy atom. The fraction of sp³-hybridized carbons (Fsp3) is 0.786. The van der Waals surface area contributed by atoms with E-state index in [-0.39, 0.29) is 0 Å². The van der Waals surface area contributed by atoms with Crippen molar-refractivity contribution in [1.82, 2.24) is 15.1 Å². The van der Waals surface area contributed by atoms with Crippen LogP contribution in [0.4, 0.5) is 0 Å². The molecule has 2 unspecified atom stereocenters. The minimum atomic E-state index is 0.474. The highest BCUT2D eigenvalue weighted by molar-refractivity contribution is 5.02. The minimum absolute atomic E-state index is 0.474. The van der Waals surface area contributed by atoms with E-state index in [1.165, 1.54) is 25.0 Å².